The molecule has 16 heavy (non-hydrogen) atoms. The first-order chi connectivity index (χ1) is 7.68. The molecule has 0 saturated carbocycles. The molecule has 1 nitrogen and oxygen atoms in total. The summed E-state index contributed by atoms with van der Waals surface area (Å²) in [5.74, 6) is -0.531. The molecule has 0 unspecified atom stereocenters. The highest BCUT2D eigenvalue weighted by Crippen LogP contribution is 2.14. The third kappa shape index (κ3) is 2.01. The molecule has 0 saturated heterocycles. The topological polar surface area (TPSA) is 17.1 Å². The molecule has 0 amide bonds. The third-order valence-corrected chi connectivity index (χ3v) is 2.48. The Morgan fingerprint density at radius 2 is 1.81 bits per heavy atom. The molecule has 0 bridgehead atoms. The summed E-state index contributed by atoms with van der Waals surface area (Å²) in [5.41, 5.74) is 1.90. The fourth-order valence-corrected chi connectivity index (χ4v) is 1.61. The van der Waals surface area contributed by atoms with Gasteiger partial charge in [0.15, 0.2) is 5.78 Å². The van der Waals surface area contributed by atoms with Crippen LogP contribution in [0, 0.1) is 12.7 Å². The van der Waals surface area contributed by atoms with Crippen LogP contribution in [0.2, 0.25) is 0 Å². The highest BCUT2D eigenvalue weighted by Gasteiger charge is 2.11. The largest absolute Gasteiger partial charge is 0.289 e. The van der Waals surface area contributed by atoms with E-state index in [1.165, 1.54) is 12.1 Å². The second kappa shape index (κ2) is 4.27. The van der Waals surface area contributed by atoms with E-state index in [2.05, 4.69) is 0 Å². The van der Waals surface area contributed by atoms with Crippen molar-refractivity contribution in [2.24, 2.45) is 0 Å². The average molecular weight is 214 g/mol. The van der Waals surface area contributed by atoms with E-state index in [4.69, 9.17) is 0 Å². The minimum atomic E-state index is -0.389. The number of halogens is 1. The van der Waals surface area contributed by atoms with Gasteiger partial charge in [0.25, 0.3) is 0 Å². The van der Waals surface area contributed by atoms with Crippen LogP contribution in [0.5, 0.6) is 0 Å². The zero-order valence-corrected chi connectivity index (χ0v) is 8.91. The summed E-state index contributed by atoms with van der Waals surface area (Å²) in [6.45, 7) is 1.87. The predicted molar refractivity (Wildman–Crippen MR) is 61.0 cm³/mol. The van der Waals surface area contributed by atoms with E-state index in [1.54, 1.807) is 24.3 Å². The molecule has 0 N–H and O–H groups in total. The van der Waals surface area contributed by atoms with E-state index >= 15 is 0 Å². The zero-order valence-electron chi connectivity index (χ0n) is 8.91. The number of hydrogen-bond donors (Lipinski definition) is 0. The van der Waals surface area contributed by atoms with E-state index in [-0.39, 0.29) is 11.6 Å². The Bertz CT molecular complexity index is 532. The van der Waals surface area contributed by atoms with E-state index in [1.807, 2.05) is 19.1 Å². The number of carbonyl (C=O) groups excluding carboxylic acids is 1. The molecule has 2 aromatic rings. The number of carbonyl (C=O) groups is 1. The molecule has 80 valence electrons. The second-order valence-electron chi connectivity index (χ2n) is 3.65. The molecule has 0 aliphatic carbocycles. The number of hydrogen-bond acceptors (Lipinski definition) is 1. The first-order valence-corrected chi connectivity index (χ1v) is 5.04. The van der Waals surface area contributed by atoms with Crippen molar-refractivity contribution in [1.29, 1.82) is 0 Å². The van der Waals surface area contributed by atoms with E-state index in [9.17, 15) is 9.18 Å². The summed E-state index contributed by atoms with van der Waals surface area (Å²) in [5, 5.41) is 0. The van der Waals surface area contributed by atoms with E-state index in [0.29, 0.717) is 11.1 Å². The molecule has 0 heterocycles. The Morgan fingerprint density at radius 3 is 2.50 bits per heavy atom. The van der Waals surface area contributed by atoms with Crippen LogP contribution in [0.3, 0.4) is 0 Å². The molecular formula is C14H11FO. The third-order valence-electron chi connectivity index (χ3n) is 2.48. The molecule has 2 aromatic carbocycles. The molecule has 0 fully saturated rings. The Hall–Kier alpha value is -1.96. The first-order valence-electron chi connectivity index (χ1n) is 5.04. The fourth-order valence-electron chi connectivity index (χ4n) is 1.61. The van der Waals surface area contributed by atoms with Gasteiger partial charge in [-0.1, -0.05) is 36.4 Å². The van der Waals surface area contributed by atoms with Crippen LogP contribution in [0.4, 0.5) is 4.39 Å². The van der Waals surface area contributed by atoms with Crippen LogP contribution in [0.15, 0.2) is 48.5 Å². The minimum absolute atomic E-state index is 0.141. The number of rotatable bonds is 2. The van der Waals surface area contributed by atoms with Gasteiger partial charge >= 0.3 is 0 Å². The van der Waals surface area contributed by atoms with Gasteiger partial charge in [0.2, 0.25) is 0 Å². The summed E-state index contributed by atoms with van der Waals surface area (Å²) in [6, 6.07) is 13.1. The van der Waals surface area contributed by atoms with Crippen molar-refractivity contribution in [2.75, 3.05) is 0 Å². The standard InChI is InChI=1S/C14H11FO/c1-10-5-2-3-8-13(10)14(16)11-6-4-7-12(15)9-11/h2-9H,1H3. The maximum absolute atomic E-state index is 13.0. The summed E-state index contributed by atoms with van der Waals surface area (Å²) < 4.78 is 13.0. The van der Waals surface area contributed by atoms with Crippen molar-refractivity contribution in [1.82, 2.24) is 0 Å². The first kappa shape index (κ1) is 10.6. The lowest BCUT2D eigenvalue weighted by Crippen LogP contribution is -2.03. The van der Waals surface area contributed by atoms with Crippen LogP contribution in [-0.2, 0) is 0 Å². The molecule has 2 rings (SSSR count). The van der Waals surface area contributed by atoms with Crippen molar-refractivity contribution < 1.29 is 9.18 Å². The monoisotopic (exact) mass is 214 g/mol. The molecule has 0 aromatic heterocycles. The zero-order chi connectivity index (χ0) is 11.5. The van der Waals surface area contributed by atoms with Crippen molar-refractivity contribution in [2.45, 2.75) is 6.92 Å². The highest BCUT2D eigenvalue weighted by molar-refractivity contribution is 6.09. The minimum Gasteiger partial charge on any atom is -0.289 e. The molecule has 0 aliphatic heterocycles. The van der Waals surface area contributed by atoms with Crippen molar-refractivity contribution in [3.05, 3.63) is 71.0 Å². The number of benzene rings is 2. The van der Waals surface area contributed by atoms with E-state index in [0.717, 1.165) is 5.56 Å². The molecule has 0 spiro atoms. The lowest BCUT2D eigenvalue weighted by atomic mass is 9.99. The fraction of sp³-hybridized carbons (Fsp3) is 0.0714. The molecule has 0 radical (unpaired) electrons. The maximum atomic E-state index is 13.0. The van der Waals surface area contributed by atoms with Gasteiger partial charge in [0.1, 0.15) is 5.82 Å². The Balaban J connectivity index is 2.44. The SMILES string of the molecule is Cc1ccccc1C(=O)c1cccc(F)c1. The molecule has 0 atom stereocenters. The van der Waals surface area contributed by atoms with Crippen LogP contribution >= 0.6 is 0 Å². The van der Waals surface area contributed by atoms with Crippen molar-refractivity contribution in [3.8, 4) is 0 Å². The van der Waals surface area contributed by atoms with Crippen LogP contribution < -0.4 is 0 Å². The van der Waals surface area contributed by atoms with Gasteiger partial charge in [-0.05, 0) is 24.6 Å². The van der Waals surface area contributed by atoms with Gasteiger partial charge in [0, 0.05) is 11.1 Å². The average Bonchev–Trinajstić information content (AvgIpc) is 2.29. The van der Waals surface area contributed by atoms with Crippen LogP contribution in [-0.4, -0.2) is 5.78 Å². The number of aryl methyl sites for hydroxylation is 1. The van der Waals surface area contributed by atoms with Gasteiger partial charge in [-0.25, -0.2) is 4.39 Å². The normalized spacial score (nSPS) is 10.1. The summed E-state index contributed by atoms with van der Waals surface area (Å²) in [6.07, 6.45) is 0. The van der Waals surface area contributed by atoms with Crippen LogP contribution in [0.1, 0.15) is 21.5 Å². The van der Waals surface area contributed by atoms with Crippen molar-refractivity contribution >= 4 is 5.78 Å². The lowest BCUT2D eigenvalue weighted by Gasteiger charge is -2.04. The van der Waals surface area contributed by atoms with Gasteiger partial charge in [-0.2, -0.15) is 0 Å². The quantitative estimate of drug-likeness (QED) is 0.700. The Morgan fingerprint density at radius 1 is 1.06 bits per heavy atom. The van der Waals surface area contributed by atoms with Crippen LogP contribution in [0.25, 0.3) is 0 Å². The summed E-state index contributed by atoms with van der Waals surface area (Å²) in [4.78, 5) is 12.1. The predicted octanol–water partition coefficient (Wildman–Crippen LogP) is 3.37. The van der Waals surface area contributed by atoms with Gasteiger partial charge < -0.3 is 0 Å². The lowest BCUT2D eigenvalue weighted by molar-refractivity contribution is 0.103. The molecule has 2 heteroatoms. The second-order valence-corrected chi connectivity index (χ2v) is 3.65. The Kier molecular flexibility index (Phi) is 2.82. The molecule has 0 aliphatic rings. The van der Waals surface area contributed by atoms with Gasteiger partial charge in [0.05, 0.1) is 0 Å². The maximum Gasteiger partial charge on any atom is 0.193 e. The smallest absolute Gasteiger partial charge is 0.193 e. The van der Waals surface area contributed by atoms with Gasteiger partial charge in [-0.3, -0.25) is 4.79 Å². The van der Waals surface area contributed by atoms with Gasteiger partial charge in [-0.15, -0.1) is 0 Å². The summed E-state index contributed by atoms with van der Waals surface area (Å²) in [7, 11) is 0. The van der Waals surface area contributed by atoms with E-state index < -0.39 is 0 Å². The molecular weight excluding hydrogens is 203 g/mol. The van der Waals surface area contributed by atoms with Crippen molar-refractivity contribution in [3.63, 3.8) is 0 Å². The highest BCUT2D eigenvalue weighted by atomic mass is 19.1. The number of ketones is 1. The Labute approximate surface area is 93.5 Å². The summed E-state index contributed by atoms with van der Waals surface area (Å²) >= 11 is 0.